The van der Waals surface area contributed by atoms with E-state index in [1.54, 1.807) is 43.3 Å². The molecule has 108 valence electrons. The summed E-state index contributed by atoms with van der Waals surface area (Å²) in [5.41, 5.74) is 7.89. The number of nitro benzene ring substituents is 1. The molecule has 0 unspecified atom stereocenters. The summed E-state index contributed by atoms with van der Waals surface area (Å²) in [5.74, 6) is -0.246. The minimum Gasteiger partial charge on any atom is -0.399 e. The molecule has 0 saturated carbocycles. The zero-order chi connectivity index (χ0) is 15.4. The van der Waals surface area contributed by atoms with Gasteiger partial charge in [0.1, 0.15) is 0 Å². The molecule has 0 bridgehead atoms. The number of nitrogen functional groups attached to an aromatic ring is 1. The molecule has 3 N–H and O–H groups in total. The Kier molecular flexibility index (Phi) is 4.18. The molecule has 6 nitrogen and oxygen atoms in total. The largest absolute Gasteiger partial charge is 0.399 e. The van der Waals surface area contributed by atoms with Crippen LogP contribution in [-0.4, -0.2) is 10.8 Å². The zero-order valence-electron chi connectivity index (χ0n) is 11.5. The highest BCUT2D eigenvalue weighted by Crippen LogP contribution is 2.25. The van der Waals surface area contributed by atoms with Crippen molar-refractivity contribution in [3.05, 3.63) is 63.7 Å². The van der Waals surface area contributed by atoms with Gasteiger partial charge in [-0.05, 0) is 30.7 Å². The summed E-state index contributed by atoms with van der Waals surface area (Å²) in [5, 5.41) is 13.6. The van der Waals surface area contributed by atoms with Gasteiger partial charge in [-0.25, -0.2) is 0 Å². The Balaban J connectivity index is 2.13. The molecular weight excluding hydrogens is 270 g/mol. The van der Waals surface area contributed by atoms with Crippen molar-refractivity contribution in [1.82, 2.24) is 0 Å². The molecule has 0 spiro atoms. The summed E-state index contributed by atoms with van der Waals surface area (Å²) in [6, 6.07) is 11.6. The molecule has 0 atom stereocenters. The lowest BCUT2D eigenvalue weighted by Crippen LogP contribution is -2.15. The van der Waals surface area contributed by atoms with Gasteiger partial charge in [0.05, 0.1) is 22.6 Å². The first-order valence-corrected chi connectivity index (χ1v) is 6.35. The van der Waals surface area contributed by atoms with Crippen molar-refractivity contribution in [3.8, 4) is 0 Å². The molecule has 21 heavy (non-hydrogen) atoms. The average Bonchev–Trinajstić information content (AvgIpc) is 2.40. The molecule has 2 rings (SSSR count). The Labute approximate surface area is 121 Å². The van der Waals surface area contributed by atoms with Gasteiger partial charge in [0.25, 0.3) is 5.69 Å². The summed E-state index contributed by atoms with van der Waals surface area (Å²) in [6.45, 7) is 1.61. The molecule has 0 aliphatic heterocycles. The summed E-state index contributed by atoms with van der Waals surface area (Å²) < 4.78 is 0. The molecule has 0 aliphatic carbocycles. The van der Waals surface area contributed by atoms with Crippen LogP contribution in [0.2, 0.25) is 0 Å². The van der Waals surface area contributed by atoms with Crippen LogP contribution in [0.25, 0.3) is 0 Å². The van der Waals surface area contributed by atoms with E-state index < -0.39 is 4.92 Å². The van der Waals surface area contributed by atoms with Gasteiger partial charge >= 0.3 is 0 Å². The average molecular weight is 285 g/mol. The van der Waals surface area contributed by atoms with E-state index >= 15 is 0 Å². The molecule has 0 saturated heterocycles. The van der Waals surface area contributed by atoms with Gasteiger partial charge in [-0.2, -0.15) is 0 Å². The number of carbonyl (C=O) groups is 1. The molecular formula is C15H15N3O3. The second-order valence-electron chi connectivity index (χ2n) is 4.68. The van der Waals surface area contributed by atoms with Crippen LogP contribution in [0.5, 0.6) is 0 Å². The minimum absolute atomic E-state index is 0.0169. The second kappa shape index (κ2) is 6.04. The van der Waals surface area contributed by atoms with Crippen LogP contribution in [0.1, 0.15) is 11.1 Å². The number of rotatable bonds is 4. The van der Waals surface area contributed by atoms with Crippen LogP contribution in [0.4, 0.5) is 17.1 Å². The Bertz CT molecular complexity index is 698. The van der Waals surface area contributed by atoms with Crippen LogP contribution in [0.3, 0.4) is 0 Å². The van der Waals surface area contributed by atoms with E-state index in [-0.39, 0.29) is 18.0 Å². The Morgan fingerprint density at radius 3 is 2.67 bits per heavy atom. The lowest BCUT2D eigenvalue weighted by molar-refractivity contribution is -0.385. The fraction of sp³-hybridized carbons (Fsp3) is 0.133. The van der Waals surface area contributed by atoms with E-state index in [1.807, 2.05) is 0 Å². The topological polar surface area (TPSA) is 98.3 Å². The van der Waals surface area contributed by atoms with Gasteiger partial charge in [-0.15, -0.1) is 0 Å². The molecule has 2 aromatic carbocycles. The van der Waals surface area contributed by atoms with E-state index in [0.717, 1.165) is 5.56 Å². The van der Waals surface area contributed by atoms with Gasteiger partial charge in [0, 0.05) is 11.8 Å². The Morgan fingerprint density at radius 1 is 1.29 bits per heavy atom. The summed E-state index contributed by atoms with van der Waals surface area (Å²) in [7, 11) is 0. The lowest BCUT2D eigenvalue weighted by atomic mass is 10.1. The fourth-order valence-electron chi connectivity index (χ4n) is 2.04. The third kappa shape index (κ3) is 3.56. The molecule has 0 radical (unpaired) electrons. The number of benzene rings is 2. The summed E-state index contributed by atoms with van der Waals surface area (Å²) in [6.07, 6.45) is 0.160. The maximum atomic E-state index is 12.0. The molecule has 1 amide bonds. The van der Waals surface area contributed by atoms with E-state index in [9.17, 15) is 14.9 Å². The van der Waals surface area contributed by atoms with Crippen LogP contribution >= 0.6 is 0 Å². The number of anilines is 2. The maximum Gasteiger partial charge on any atom is 0.274 e. The molecule has 2 aromatic rings. The van der Waals surface area contributed by atoms with Gasteiger partial charge in [-0.1, -0.05) is 18.2 Å². The highest BCUT2D eigenvalue weighted by atomic mass is 16.6. The van der Waals surface area contributed by atoms with Gasteiger partial charge in [0.15, 0.2) is 0 Å². The van der Waals surface area contributed by atoms with Crippen LogP contribution in [0.15, 0.2) is 42.5 Å². The first-order chi connectivity index (χ1) is 9.97. The van der Waals surface area contributed by atoms with E-state index in [4.69, 9.17) is 5.73 Å². The van der Waals surface area contributed by atoms with Gasteiger partial charge in [0.2, 0.25) is 5.91 Å². The number of amides is 1. The molecule has 0 aromatic heterocycles. The maximum absolute atomic E-state index is 12.0. The van der Waals surface area contributed by atoms with Crippen molar-refractivity contribution in [2.75, 3.05) is 11.1 Å². The van der Waals surface area contributed by atoms with Crippen LogP contribution < -0.4 is 11.1 Å². The van der Waals surface area contributed by atoms with Crippen molar-refractivity contribution >= 4 is 23.0 Å². The van der Waals surface area contributed by atoms with Crippen molar-refractivity contribution in [1.29, 1.82) is 0 Å². The Morgan fingerprint density at radius 2 is 2.00 bits per heavy atom. The number of nitrogens with two attached hydrogens (primary N) is 1. The lowest BCUT2D eigenvalue weighted by Gasteiger charge is -2.09. The van der Waals surface area contributed by atoms with Gasteiger partial charge in [-0.3, -0.25) is 14.9 Å². The summed E-state index contributed by atoms with van der Waals surface area (Å²) >= 11 is 0. The standard InChI is InChI=1S/C15H15N3O3/c1-10-13(6-3-7-14(10)18(20)21)17-15(19)9-11-4-2-5-12(16)8-11/h2-8H,9,16H2,1H3,(H,17,19). The molecule has 0 aliphatic rings. The van der Waals surface area contributed by atoms with Crippen LogP contribution in [0, 0.1) is 17.0 Å². The van der Waals surface area contributed by atoms with E-state index in [0.29, 0.717) is 16.9 Å². The number of hydrogen-bond acceptors (Lipinski definition) is 4. The number of carbonyl (C=O) groups excluding carboxylic acids is 1. The molecule has 0 fully saturated rings. The Hall–Kier alpha value is -2.89. The number of nitro groups is 1. The van der Waals surface area contributed by atoms with Crippen molar-refractivity contribution < 1.29 is 9.72 Å². The molecule has 6 heteroatoms. The minimum atomic E-state index is -0.469. The smallest absolute Gasteiger partial charge is 0.274 e. The van der Waals surface area contributed by atoms with Crippen molar-refractivity contribution in [2.45, 2.75) is 13.3 Å². The number of hydrogen-bond donors (Lipinski definition) is 2. The number of nitrogens with zero attached hydrogens (tertiary/aromatic N) is 1. The molecule has 0 heterocycles. The number of nitrogens with one attached hydrogen (secondary N) is 1. The monoisotopic (exact) mass is 285 g/mol. The highest BCUT2D eigenvalue weighted by Gasteiger charge is 2.14. The quantitative estimate of drug-likeness (QED) is 0.512. The third-order valence-corrected chi connectivity index (χ3v) is 3.09. The van der Waals surface area contributed by atoms with Gasteiger partial charge < -0.3 is 11.1 Å². The van der Waals surface area contributed by atoms with E-state index in [2.05, 4.69) is 5.32 Å². The second-order valence-corrected chi connectivity index (χ2v) is 4.68. The fourth-order valence-corrected chi connectivity index (χ4v) is 2.04. The summed E-state index contributed by atoms with van der Waals surface area (Å²) in [4.78, 5) is 22.4. The third-order valence-electron chi connectivity index (χ3n) is 3.09. The highest BCUT2D eigenvalue weighted by molar-refractivity contribution is 5.93. The first kappa shape index (κ1) is 14.5. The van der Waals surface area contributed by atoms with Crippen LogP contribution in [-0.2, 0) is 11.2 Å². The van der Waals surface area contributed by atoms with E-state index in [1.165, 1.54) is 6.07 Å². The van der Waals surface area contributed by atoms with Crippen molar-refractivity contribution in [2.24, 2.45) is 0 Å². The normalized spacial score (nSPS) is 10.1. The predicted molar refractivity (Wildman–Crippen MR) is 81.0 cm³/mol. The predicted octanol–water partition coefficient (Wildman–Crippen LogP) is 2.67. The zero-order valence-corrected chi connectivity index (χ0v) is 11.5. The first-order valence-electron chi connectivity index (χ1n) is 6.35. The van der Waals surface area contributed by atoms with Crippen molar-refractivity contribution in [3.63, 3.8) is 0 Å². The SMILES string of the molecule is Cc1c(NC(=O)Cc2cccc(N)c2)cccc1[N+](=O)[O-].